The van der Waals surface area contributed by atoms with Crippen LogP contribution in [0.15, 0.2) is 18.2 Å². The normalized spacial score (nSPS) is 9.94. The van der Waals surface area contributed by atoms with E-state index in [2.05, 4.69) is 5.32 Å². The lowest BCUT2D eigenvalue weighted by atomic mass is 10.1. The number of amides is 2. The summed E-state index contributed by atoms with van der Waals surface area (Å²) >= 11 is 0. The SMILES string of the molecule is CCCN(C)C(=O)Nc1cccc(F)c1C(=O)O. The Hall–Kier alpha value is -2.11. The predicted octanol–water partition coefficient (Wildman–Crippen LogP) is 2.40. The zero-order chi connectivity index (χ0) is 13.7. The van der Waals surface area contributed by atoms with E-state index in [1.807, 2.05) is 6.92 Å². The van der Waals surface area contributed by atoms with Crippen LogP contribution in [-0.4, -0.2) is 35.6 Å². The van der Waals surface area contributed by atoms with E-state index in [1.54, 1.807) is 7.05 Å². The first-order valence-corrected chi connectivity index (χ1v) is 5.51. The Morgan fingerprint density at radius 3 is 2.67 bits per heavy atom. The first-order chi connectivity index (χ1) is 8.47. The van der Waals surface area contributed by atoms with Crippen LogP contribution < -0.4 is 5.32 Å². The van der Waals surface area contributed by atoms with Gasteiger partial charge >= 0.3 is 12.0 Å². The van der Waals surface area contributed by atoms with E-state index in [4.69, 9.17) is 5.11 Å². The van der Waals surface area contributed by atoms with Gasteiger partial charge in [-0.2, -0.15) is 0 Å². The molecule has 0 spiro atoms. The second-order valence-electron chi connectivity index (χ2n) is 3.82. The molecule has 0 atom stereocenters. The van der Waals surface area contributed by atoms with Gasteiger partial charge in [-0.25, -0.2) is 14.0 Å². The molecule has 0 saturated carbocycles. The molecule has 1 aromatic carbocycles. The van der Waals surface area contributed by atoms with E-state index in [9.17, 15) is 14.0 Å². The third kappa shape index (κ3) is 3.19. The Morgan fingerprint density at radius 1 is 1.44 bits per heavy atom. The highest BCUT2D eigenvalue weighted by Crippen LogP contribution is 2.19. The van der Waals surface area contributed by atoms with Gasteiger partial charge in [-0.15, -0.1) is 0 Å². The molecule has 0 heterocycles. The predicted molar refractivity (Wildman–Crippen MR) is 65.3 cm³/mol. The minimum absolute atomic E-state index is 0.0459. The fraction of sp³-hybridized carbons (Fsp3) is 0.333. The number of hydrogen-bond acceptors (Lipinski definition) is 2. The minimum Gasteiger partial charge on any atom is -0.478 e. The number of anilines is 1. The van der Waals surface area contributed by atoms with Crippen molar-refractivity contribution in [2.24, 2.45) is 0 Å². The molecule has 0 unspecified atom stereocenters. The molecule has 0 bridgehead atoms. The van der Waals surface area contributed by atoms with Gasteiger partial charge in [-0.1, -0.05) is 13.0 Å². The summed E-state index contributed by atoms with van der Waals surface area (Å²) in [5.41, 5.74) is -0.578. The molecular weight excluding hydrogens is 239 g/mol. The van der Waals surface area contributed by atoms with Crippen LogP contribution in [0.1, 0.15) is 23.7 Å². The first kappa shape index (κ1) is 14.0. The average Bonchev–Trinajstić information content (AvgIpc) is 2.28. The lowest BCUT2D eigenvalue weighted by molar-refractivity contribution is 0.0693. The van der Waals surface area contributed by atoms with E-state index in [0.29, 0.717) is 6.54 Å². The Bertz CT molecular complexity index is 463. The molecule has 0 aliphatic carbocycles. The van der Waals surface area contributed by atoms with Gasteiger partial charge in [0.25, 0.3) is 0 Å². The number of carboxylic acid groups (broad SMARTS) is 1. The number of aromatic carboxylic acids is 1. The van der Waals surface area contributed by atoms with Crippen LogP contribution >= 0.6 is 0 Å². The fourth-order valence-corrected chi connectivity index (χ4v) is 1.49. The molecule has 6 heteroatoms. The van der Waals surface area contributed by atoms with Gasteiger partial charge in [-0.3, -0.25) is 0 Å². The van der Waals surface area contributed by atoms with Crippen molar-refractivity contribution in [3.63, 3.8) is 0 Å². The standard InChI is InChI=1S/C12H15FN2O3/c1-3-7-15(2)12(18)14-9-6-4-5-8(13)10(9)11(16)17/h4-6H,3,7H2,1-2H3,(H,14,18)(H,16,17). The lowest BCUT2D eigenvalue weighted by Gasteiger charge is -2.17. The van der Waals surface area contributed by atoms with Gasteiger partial charge in [0.15, 0.2) is 0 Å². The van der Waals surface area contributed by atoms with E-state index in [-0.39, 0.29) is 5.69 Å². The highest BCUT2D eigenvalue weighted by Gasteiger charge is 2.18. The Morgan fingerprint density at radius 2 is 2.11 bits per heavy atom. The van der Waals surface area contributed by atoms with Gasteiger partial charge < -0.3 is 15.3 Å². The lowest BCUT2D eigenvalue weighted by Crippen LogP contribution is -2.32. The molecule has 0 fully saturated rings. The molecule has 18 heavy (non-hydrogen) atoms. The third-order valence-corrected chi connectivity index (χ3v) is 2.37. The molecular formula is C12H15FN2O3. The number of halogens is 1. The highest BCUT2D eigenvalue weighted by molar-refractivity contribution is 6.00. The zero-order valence-electron chi connectivity index (χ0n) is 10.2. The topological polar surface area (TPSA) is 69.6 Å². The molecule has 2 amide bonds. The molecule has 2 N–H and O–H groups in total. The number of hydrogen-bond donors (Lipinski definition) is 2. The van der Waals surface area contributed by atoms with E-state index >= 15 is 0 Å². The molecule has 0 saturated heterocycles. The van der Waals surface area contributed by atoms with Gasteiger partial charge in [0.05, 0.1) is 5.69 Å². The Balaban J connectivity index is 2.94. The van der Waals surface area contributed by atoms with Crippen molar-refractivity contribution in [1.29, 1.82) is 0 Å². The van der Waals surface area contributed by atoms with Crippen molar-refractivity contribution >= 4 is 17.7 Å². The fourth-order valence-electron chi connectivity index (χ4n) is 1.49. The zero-order valence-corrected chi connectivity index (χ0v) is 10.2. The highest BCUT2D eigenvalue weighted by atomic mass is 19.1. The third-order valence-electron chi connectivity index (χ3n) is 2.37. The molecule has 1 aromatic rings. The summed E-state index contributed by atoms with van der Waals surface area (Å²) in [6.45, 7) is 2.44. The van der Waals surface area contributed by atoms with Gasteiger partial charge in [0.2, 0.25) is 0 Å². The molecule has 0 radical (unpaired) electrons. The molecule has 0 aromatic heterocycles. The monoisotopic (exact) mass is 254 g/mol. The summed E-state index contributed by atoms with van der Waals surface area (Å²) < 4.78 is 13.4. The summed E-state index contributed by atoms with van der Waals surface area (Å²) in [6.07, 6.45) is 0.777. The van der Waals surface area contributed by atoms with Crippen LogP contribution in [0.25, 0.3) is 0 Å². The number of rotatable bonds is 4. The van der Waals surface area contributed by atoms with Crippen molar-refractivity contribution in [1.82, 2.24) is 4.90 Å². The number of urea groups is 1. The maximum Gasteiger partial charge on any atom is 0.340 e. The average molecular weight is 254 g/mol. The second kappa shape index (κ2) is 6.00. The van der Waals surface area contributed by atoms with E-state index < -0.39 is 23.4 Å². The summed E-state index contributed by atoms with van der Waals surface area (Å²) in [6, 6.07) is 3.26. The second-order valence-corrected chi connectivity index (χ2v) is 3.82. The summed E-state index contributed by atoms with van der Waals surface area (Å²) in [4.78, 5) is 24.0. The van der Waals surface area contributed by atoms with Crippen molar-refractivity contribution in [3.8, 4) is 0 Å². The molecule has 98 valence electrons. The molecule has 5 nitrogen and oxygen atoms in total. The maximum atomic E-state index is 13.4. The van der Waals surface area contributed by atoms with E-state index in [1.165, 1.54) is 17.0 Å². The number of carbonyl (C=O) groups is 2. The van der Waals surface area contributed by atoms with E-state index in [0.717, 1.165) is 12.5 Å². The van der Waals surface area contributed by atoms with Gasteiger partial charge in [-0.05, 0) is 18.6 Å². The summed E-state index contributed by atoms with van der Waals surface area (Å²) in [5.74, 6) is -2.29. The van der Waals surface area contributed by atoms with Crippen molar-refractivity contribution in [2.45, 2.75) is 13.3 Å². The van der Waals surface area contributed by atoms with Gasteiger partial charge in [0, 0.05) is 13.6 Å². The van der Waals surface area contributed by atoms with Crippen LogP contribution in [0.3, 0.4) is 0 Å². The van der Waals surface area contributed by atoms with Crippen LogP contribution in [-0.2, 0) is 0 Å². The summed E-state index contributed by atoms with van der Waals surface area (Å²) in [7, 11) is 1.58. The van der Waals surface area contributed by atoms with Crippen molar-refractivity contribution in [2.75, 3.05) is 18.9 Å². The number of nitrogens with zero attached hydrogens (tertiary/aromatic N) is 1. The minimum atomic E-state index is -1.42. The molecule has 1 rings (SSSR count). The first-order valence-electron chi connectivity index (χ1n) is 5.51. The molecule has 0 aliphatic rings. The van der Waals surface area contributed by atoms with Crippen molar-refractivity contribution in [3.05, 3.63) is 29.6 Å². The summed E-state index contributed by atoms with van der Waals surface area (Å²) in [5, 5.41) is 11.3. The molecule has 0 aliphatic heterocycles. The Kier molecular flexibility index (Phi) is 4.65. The Labute approximate surface area is 104 Å². The number of benzene rings is 1. The van der Waals surface area contributed by atoms with Crippen LogP contribution in [0.5, 0.6) is 0 Å². The largest absolute Gasteiger partial charge is 0.478 e. The van der Waals surface area contributed by atoms with Crippen molar-refractivity contribution < 1.29 is 19.1 Å². The van der Waals surface area contributed by atoms with Crippen LogP contribution in [0.2, 0.25) is 0 Å². The number of carbonyl (C=O) groups excluding carboxylic acids is 1. The number of nitrogens with one attached hydrogen (secondary N) is 1. The quantitative estimate of drug-likeness (QED) is 0.866. The smallest absolute Gasteiger partial charge is 0.340 e. The van der Waals surface area contributed by atoms with Crippen LogP contribution in [0, 0.1) is 5.82 Å². The van der Waals surface area contributed by atoms with Crippen LogP contribution in [0.4, 0.5) is 14.9 Å². The maximum absolute atomic E-state index is 13.4. The van der Waals surface area contributed by atoms with Gasteiger partial charge in [0.1, 0.15) is 11.4 Å². The number of carboxylic acids is 1.